The minimum absolute atomic E-state index is 0.00808. The summed E-state index contributed by atoms with van der Waals surface area (Å²) >= 11 is 0. The fraction of sp³-hybridized carbons (Fsp3) is 0.733. The second kappa shape index (κ2) is 5.95. The molecule has 0 amide bonds. The highest BCUT2D eigenvalue weighted by atomic mass is 16.1. The number of aromatic nitrogens is 2. The van der Waals surface area contributed by atoms with E-state index in [0.29, 0.717) is 11.7 Å². The van der Waals surface area contributed by atoms with E-state index in [1.807, 2.05) is 32.7 Å². The number of nitrogens with zero attached hydrogens (tertiary/aromatic N) is 3. The van der Waals surface area contributed by atoms with Crippen LogP contribution in [0.4, 0.5) is 5.82 Å². The lowest BCUT2D eigenvalue weighted by atomic mass is 9.99. The zero-order valence-electron chi connectivity index (χ0n) is 13.0. The van der Waals surface area contributed by atoms with Gasteiger partial charge in [0.1, 0.15) is 0 Å². The van der Waals surface area contributed by atoms with Crippen LogP contribution in [0, 0.1) is 5.92 Å². The summed E-state index contributed by atoms with van der Waals surface area (Å²) in [7, 11) is 1.96. The highest BCUT2D eigenvalue weighted by Crippen LogP contribution is 2.15. The Morgan fingerprint density at radius 3 is 2.85 bits per heavy atom. The van der Waals surface area contributed by atoms with E-state index in [1.165, 1.54) is 12.8 Å². The Bertz CT molecular complexity index is 497. The summed E-state index contributed by atoms with van der Waals surface area (Å²) in [5, 5.41) is 3.41. The van der Waals surface area contributed by atoms with Gasteiger partial charge in [-0.2, -0.15) is 0 Å². The van der Waals surface area contributed by atoms with Crippen LogP contribution in [0.3, 0.4) is 0 Å². The summed E-state index contributed by atoms with van der Waals surface area (Å²) in [6, 6.07) is 0. The third kappa shape index (κ3) is 3.39. The molecule has 0 radical (unpaired) electrons. The molecule has 0 aromatic carbocycles. The van der Waals surface area contributed by atoms with Crippen LogP contribution in [-0.2, 0) is 5.54 Å². The highest BCUT2D eigenvalue weighted by Gasteiger charge is 2.21. The zero-order valence-corrected chi connectivity index (χ0v) is 13.0. The Kier molecular flexibility index (Phi) is 4.48. The van der Waals surface area contributed by atoms with Crippen LogP contribution in [0.15, 0.2) is 17.2 Å². The van der Waals surface area contributed by atoms with Crippen LogP contribution in [0.2, 0.25) is 0 Å². The minimum atomic E-state index is -0.220. The van der Waals surface area contributed by atoms with E-state index >= 15 is 0 Å². The second-order valence-electron chi connectivity index (χ2n) is 6.69. The van der Waals surface area contributed by atoms with E-state index in [1.54, 1.807) is 17.0 Å². The van der Waals surface area contributed by atoms with Gasteiger partial charge in [0.15, 0.2) is 5.82 Å². The molecule has 1 atom stereocenters. The Balaban J connectivity index is 2.17. The molecule has 1 N–H and O–H groups in total. The maximum atomic E-state index is 12.5. The van der Waals surface area contributed by atoms with Crippen LogP contribution >= 0.6 is 0 Å². The molecule has 1 aromatic rings. The van der Waals surface area contributed by atoms with E-state index in [0.717, 1.165) is 19.6 Å². The quantitative estimate of drug-likeness (QED) is 0.909. The molecule has 20 heavy (non-hydrogen) atoms. The van der Waals surface area contributed by atoms with Crippen molar-refractivity contribution < 1.29 is 0 Å². The molecule has 1 unspecified atom stereocenters. The summed E-state index contributed by atoms with van der Waals surface area (Å²) < 4.78 is 1.75. The first-order valence-corrected chi connectivity index (χ1v) is 7.39. The van der Waals surface area contributed by atoms with Gasteiger partial charge in [-0.05, 0) is 52.6 Å². The molecule has 1 aliphatic heterocycles. The first-order chi connectivity index (χ1) is 9.39. The van der Waals surface area contributed by atoms with Gasteiger partial charge < -0.3 is 14.8 Å². The molecule has 1 fully saturated rings. The van der Waals surface area contributed by atoms with E-state index < -0.39 is 0 Å². The lowest BCUT2D eigenvalue weighted by Gasteiger charge is -2.29. The molecule has 1 saturated heterocycles. The van der Waals surface area contributed by atoms with Gasteiger partial charge in [-0.3, -0.25) is 4.79 Å². The van der Waals surface area contributed by atoms with E-state index in [9.17, 15) is 4.79 Å². The van der Waals surface area contributed by atoms with Gasteiger partial charge in [0.2, 0.25) is 0 Å². The van der Waals surface area contributed by atoms with Crippen molar-refractivity contribution in [3.05, 3.63) is 22.7 Å². The number of hydrogen-bond acceptors (Lipinski definition) is 4. The number of rotatable bonds is 3. The summed E-state index contributed by atoms with van der Waals surface area (Å²) in [5.41, 5.74) is -0.228. The van der Waals surface area contributed by atoms with Gasteiger partial charge in [0.05, 0.1) is 0 Å². The van der Waals surface area contributed by atoms with Gasteiger partial charge in [-0.15, -0.1) is 0 Å². The van der Waals surface area contributed by atoms with Crippen molar-refractivity contribution in [1.82, 2.24) is 14.9 Å². The standard InChI is InChI=1S/C15H26N4O/c1-15(2,3)19-9-8-17-13(14(19)20)18(4)11-12-6-5-7-16-10-12/h8-9,12,16H,5-7,10-11H2,1-4H3. The Labute approximate surface area is 121 Å². The zero-order chi connectivity index (χ0) is 14.8. The minimum Gasteiger partial charge on any atom is -0.355 e. The number of anilines is 1. The summed E-state index contributed by atoms with van der Waals surface area (Å²) in [6.07, 6.45) is 5.92. The highest BCUT2D eigenvalue weighted by molar-refractivity contribution is 5.34. The van der Waals surface area contributed by atoms with Crippen molar-refractivity contribution in [2.45, 2.75) is 39.2 Å². The van der Waals surface area contributed by atoms with Gasteiger partial charge in [0, 0.05) is 31.5 Å². The number of nitrogens with one attached hydrogen (secondary N) is 1. The molecule has 112 valence electrons. The predicted molar refractivity (Wildman–Crippen MR) is 82.4 cm³/mol. The molecule has 5 nitrogen and oxygen atoms in total. The SMILES string of the molecule is CN(CC1CCCNC1)c1nccn(C(C)(C)C)c1=O. The average Bonchev–Trinajstić information content (AvgIpc) is 2.38. The van der Waals surface area contributed by atoms with Crippen molar-refractivity contribution in [2.24, 2.45) is 5.92 Å². The maximum absolute atomic E-state index is 12.5. The molecule has 0 spiro atoms. The molecule has 5 heteroatoms. The average molecular weight is 278 g/mol. The largest absolute Gasteiger partial charge is 0.355 e. The Hall–Kier alpha value is -1.36. The Morgan fingerprint density at radius 2 is 2.25 bits per heavy atom. The van der Waals surface area contributed by atoms with Gasteiger partial charge in [0.25, 0.3) is 5.56 Å². The van der Waals surface area contributed by atoms with Crippen LogP contribution in [-0.4, -0.2) is 36.2 Å². The first kappa shape index (κ1) is 15.0. The lowest BCUT2D eigenvalue weighted by molar-refractivity contribution is 0.373. The van der Waals surface area contributed by atoms with E-state index in [2.05, 4.69) is 10.3 Å². The molecular weight excluding hydrogens is 252 g/mol. The van der Waals surface area contributed by atoms with Crippen LogP contribution in [0.1, 0.15) is 33.6 Å². The molecule has 1 aliphatic rings. The molecule has 1 aromatic heterocycles. The predicted octanol–water partition coefficient (Wildman–Crippen LogP) is 1.43. The first-order valence-electron chi connectivity index (χ1n) is 7.39. The van der Waals surface area contributed by atoms with Crippen LogP contribution in [0.25, 0.3) is 0 Å². The third-order valence-electron chi connectivity index (χ3n) is 3.84. The number of piperidine rings is 1. The summed E-state index contributed by atoms with van der Waals surface area (Å²) in [4.78, 5) is 18.8. The molecule has 0 aliphatic carbocycles. The lowest BCUT2D eigenvalue weighted by Crippen LogP contribution is -2.41. The Morgan fingerprint density at radius 1 is 1.50 bits per heavy atom. The van der Waals surface area contributed by atoms with Crippen molar-refractivity contribution in [3.63, 3.8) is 0 Å². The number of hydrogen-bond donors (Lipinski definition) is 1. The van der Waals surface area contributed by atoms with Crippen molar-refractivity contribution in [2.75, 3.05) is 31.6 Å². The fourth-order valence-electron chi connectivity index (χ4n) is 2.74. The van der Waals surface area contributed by atoms with E-state index in [4.69, 9.17) is 0 Å². The van der Waals surface area contributed by atoms with Crippen molar-refractivity contribution >= 4 is 5.82 Å². The van der Waals surface area contributed by atoms with Gasteiger partial charge >= 0.3 is 0 Å². The van der Waals surface area contributed by atoms with E-state index in [-0.39, 0.29) is 11.1 Å². The smallest absolute Gasteiger partial charge is 0.293 e. The van der Waals surface area contributed by atoms with Crippen molar-refractivity contribution in [1.29, 1.82) is 0 Å². The normalized spacial score (nSPS) is 19.9. The summed E-state index contributed by atoms with van der Waals surface area (Å²) in [5.74, 6) is 1.14. The molecule has 2 heterocycles. The molecule has 0 bridgehead atoms. The second-order valence-corrected chi connectivity index (χ2v) is 6.69. The maximum Gasteiger partial charge on any atom is 0.293 e. The third-order valence-corrected chi connectivity index (χ3v) is 3.84. The van der Waals surface area contributed by atoms with Gasteiger partial charge in [-0.1, -0.05) is 0 Å². The fourth-order valence-corrected chi connectivity index (χ4v) is 2.74. The monoisotopic (exact) mass is 278 g/mol. The van der Waals surface area contributed by atoms with Crippen LogP contribution in [0.5, 0.6) is 0 Å². The summed E-state index contributed by atoms with van der Waals surface area (Å²) in [6.45, 7) is 9.12. The molecular formula is C15H26N4O. The van der Waals surface area contributed by atoms with Crippen LogP contribution < -0.4 is 15.8 Å². The molecule has 0 saturated carbocycles. The molecule has 2 rings (SSSR count). The van der Waals surface area contributed by atoms with Gasteiger partial charge in [-0.25, -0.2) is 4.98 Å². The van der Waals surface area contributed by atoms with Crippen molar-refractivity contribution in [3.8, 4) is 0 Å². The topological polar surface area (TPSA) is 50.2 Å².